The number of nitrogens with one attached hydrogen (secondary N) is 1. The average Bonchev–Trinajstić information content (AvgIpc) is 2.37. The van der Waals surface area contributed by atoms with Crippen molar-refractivity contribution >= 4 is 29.1 Å². The molecule has 1 amide bonds. The van der Waals surface area contributed by atoms with Crippen molar-refractivity contribution in [2.24, 2.45) is 0 Å². The Bertz CT molecular complexity index is 365. The van der Waals surface area contributed by atoms with E-state index >= 15 is 0 Å². The van der Waals surface area contributed by atoms with Gasteiger partial charge in [-0.15, -0.1) is 11.6 Å². The molecular formula is C14H19Cl2NO. The van der Waals surface area contributed by atoms with Crippen LogP contribution in [0, 0.1) is 0 Å². The first-order chi connectivity index (χ1) is 8.67. The van der Waals surface area contributed by atoms with Crippen LogP contribution in [-0.4, -0.2) is 11.8 Å². The molecule has 0 aliphatic heterocycles. The number of hydrogen-bond donors (Lipinski definition) is 1. The third-order valence-electron chi connectivity index (χ3n) is 2.80. The van der Waals surface area contributed by atoms with Gasteiger partial charge in [0.25, 0.3) is 0 Å². The van der Waals surface area contributed by atoms with E-state index in [0.717, 1.165) is 24.8 Å². The van der Waals surface area contributed by atoms with Gasteiger partial charge in [0.2, 0.25) is 5.91 Å². The second-order valence-electron chi connectivity index (χ2n) is 4.23. The predicted octanol–water partition coefficient (Wildman–Crippen LogP) is 4.32. The van der Waals surface area contributed by atoms with E-state index in [4.69, 9.17) is 23.2 Å². The third-order valence-corrected chi connectivity index (χ3v) is 3.32. The molecule has 1 unspecified atom stereocenters. The number of carbonyl (C=O) groups is 1. The summed E-state index contributed by atoms with van der Waals surface area (Å²) in [7, 11) is 0. The highest BCUT2D eigenvalue weighted by Crippen LogP contribution is 2.19. The predicted molar refractivity (Wildman–Crippen MR) is 77.2 cm³/mol. The maximum absolute atomic E-state index is 11.7. The lowest BCUT2D eigenvalue weighted by Gasteiger charge is -2.17. The molecule has 0 fully saturated rings. The lowest BCUT2D eigenvalue weighted by atomic mass is 10.0. The first kappa shape index (κ1) is 15.3. The van der Waals surface area contributed by atoms with Gasteiger partial charge < -0.3 is 5.32 Å². The van der Waals surface area contributed by atoms with Crippen LogP contribution >= 0.6 is 23.2 Å². The summed E-state index contributed by atoms with van der Waals surface area (Å²) in [6.07, 6.45) is 3.12. The number of rotatable bonds is 7. The summed E-state index contributed by atoms with van der Waals surface area (Å²) in [5.74, 6) is 0.698. The Morgan fingerprint density at radius 2 is 1.94 bits per heavy atom. The van der Waals surface area contributed by atoms with Gasteiger partial charge in [-0.1, -0.05) is 30.7 Å². The Balaban J connectivity index is 2.51. The van der Waals surface area contributed by atoms with Crippen molar-refractivity contribution in [3.05, 3.63) is 34.9 Å². The quantitative estimate of drug-likeness (QED) is 0.587. The molecule has 18 heavy (non-hydrogen) atoms. The molecule has 0 spiro atoms. The number of hydrogen-bond acceptors (Lipinski definition) is 1. The van der Waals surface area contributed by atoms with Crippen LogP contribution in [0.1, 0.15) is 44.2 Å². The van der Waals surface area contributed by atoms with E-state index < -0.39 is 0 Å². The minimum atomic E-state index is 0.0609. The second-order valence-corrected chi connectivity index (χ2v) is 5.04. The first-order valence-electron chi connectivity index (χ1n) is 6.28. The molecule has 0 aromatic heterocycles. The van der Waals surface area contributed by atoms with Crippen LogP contribution in [0.4, 0.5) is 0 Å². The summed E-state index contributed by atoms with van der Waals surface area (Å²) in [4.78, 5) is 11.7. The fraction of sp³-hybridized carbons (Fsp3) is 0.500. The maximum Gasteiger partial charge on any atom is 0.220 e. The third kappa shape index (κ3) is 5.28. The number of halogens is 2. The van der Waals surface area contributed by atoms with Crippen LogP contribution in [0.2, 0.25) is 5.02 Å². The van der Waals surface area contributed by atoms with E-state index in [2.05, 4.69) is 12.2 Å². The highest BCUT2D eigenvalue weighted by molar-refractivity contribution is 6.30. The number of alkyl halides is 1. The van der Waals surface area contributed by atoms with E-state index in [1.807, 2.05) is 24.3 Å². The van der Waals surface area contributed by atoms with E-state index in [1.165, 1.54) is 0 Å². The van der Waals surface area contributed by atoms with Crippen LogP contribution in [0.15, 0.2) is 24.3 Å². The first-order valence-corrected chi connectivity index (χ1v) is 7.19. The minimum Gasteiger partial charge on any atom is -0.349 e. The van der Waals surface area contributed by atoms with E-state index in [-0.39, 0.29) is 11.9 Å². The summed E-state index contributed by atoms with van der Waals surface area (Å²) in [6.45, 7) is 2.05. The molecule has 0 radical (unpaired) electrons. The molecule has 1 aromatic rings. The smallest absolute Gasteiger partial charge is 0.220 e. The van der Waals surface area contributed by atoms with E-state index in [1.54, 1.807) is 0 Å². The second kappa shape index (κ2) is 8.39. The summed E-state index contributed by atoms with van der Waals surface area (Å²) >= 11 is 11.4. The number of carbonyl (C=O) groups excluding carboxylic acids is 1. The van der Waals surface area contributed by atoms with Gasteiger partial charge in [0.1, 0.15) is 0 Å². The van der Waals surface area contributed by atoms with Gasteiger partial charge in [-0.3, -0.25) is 4.79 Å². The van der Waals surface area contributed by atoms with Gasteiger partial charge in [-0.2, -0.15) is 0 Å². The van der Waals surface area contributed by atoms with Crippen molar-refractivity contribution in [1.82, 2.24) is 5.32 Å². The Hall–Kier alpha value is -0.730. The Morgan fingerprint density at radius 3 is 2.50 bits per heavy atom. The molecule has 100 valence electrons. The van der Waals surface area contributed by atoms with Gasteiger partial charge in [0.15, 0.2) is 0 Å². The topological polar surface area (TPSA) is 29.1 Å². The standard InChI is InChI=1S/C14H19Cl2NO/c1-2-13(11-6-8-12(16)9-7-11)17-14(18)5-3-4-10-15/h6-9,13H,2-5,10H2,1H3,(H,17,18). The van der Waals surface area contributed by atoms with E-state index in [9.17, 15) is 4.79 Å². The lowest BCUT2D eigenvalue weighted by molar-refractivity contribution is -0.122. The highest BCUT2D eigenvalue weighted by Gasteiger charge is 2.12. The molecule has 0 aliphatic rings. The molecule has 0 saturated heterocycles. The van der Waals surface area contributed by atoms with Crippen molar-refractivity contribution < 1.29 is 4.79 Å². The highest BCUT2D eigenvalue weighted by atomic mass is 35.5. The summed E-state index contributed by atoms with van der Waals surface area (Å²) in [5.41, 5.74) is 1.09. The fourth-order valence-corrected chi connectivity index (χ4v) is 2.08. The fourth-order valence-electron chi connectivity index (χ4n) is 1.76. The van der Waals surface area contributed by atoms with Crippen LogP contribution in [-0.2, 0) is 4.79 Å². The van der Waals surface area contributed by atoms with Gasteiger partial charge >= 0.3 is 0 Å². The number of unbranched alkanes of at least 4 members (excludes halogenated alkanes) is 1. The zero-order valence-electron chi connectivity index (χ0n) is 10.6. The minimum absolute atomic E-state index is 0.0609. The van der Waals surface area contributed by atoms with Crippen LogP contribution in [0.3, 0.4) is 0 Å². The molecular weight excluding hydrogens is 269 g/mol. The van der Waals surface area contributed by atoms with Gasteiger partial charge in [0, 0.05) is 17.3 Å². The molecule has 0 saturated carbocycles. The zero-order valence-corrected chi connectivity index (χ0v) is 12.1. The van der Waals surface area contributed by atoms with Crippen molar-refractivity contribution in [2.45, 2.75) is 38.6 Å². The van der Waals surface area contributed by atoms with Gasteiger partial charge in [-0.05, 0) is 37.0 Å². The monoisotopic (exact) mass is 287 g/mol. The molecule has 1 rings (SSSR count). The van der Waals surface area contributed by atoms with Gasteiger partial charge in [-0.25, -0.2) is 0 Å². The van der Waals surface area contributed by atoms with Crippen molar-refractivity contribution in [3.8, 4) is 0 Å². The van der Waals surface area contributed by atoms with Gasteiger partial charge in [0.05, 0.1) is 6.04 Å². The van der Waals surface area contributed by atoms with Crippen molar-refractivity contribution in [2.75, 3.05) is 5.88 Å². The van der Waals surface area contributed by atoms with Crippen LogP contribution in [0.25, 0.3) is 0 Å². The molecule has 0 aliphatic carbocycles. The maximum atomic E-state index is 11.7. The van der Waals surface area contributed by atoms with Crippen LogP contribution < -0.4 is 5.32 Å². The largest absolute Gasteiger partial charge is 0.349 e. The summed E-state index contributed by atoms with van der Waals surface area (Å²) in [5, 5.41) is 3.75. The van der Waals surface area contributed by atoms with Crippen LogP contribution in [0.5, 0.6) is 0 Å². The molecule has 1 aromatic carbocycles. The Kier molecular flexibility index (Phi) is 7.14. The van der Waals surface area contributed by atoms with E-state index in [0.29, 0.717) is 17.3 Å². The molecule has 4 heteroatoms. The normalized spacial score (nSPS) is 12.2. The average molecular weight is 288 g/mol. The summed E-state index contributed by atoms with van der Waals surface area (Å²) < 4.78 is 0. The summed E-state index contributed by atoms with van der Waals surface area (Å²) in [6, 6.07) is 7.66. The Morgan fingerprint density at radius 1 is 1.28 bits per heavy atom. The zero-order chi connectivity index (χ0) is 13.4. The Labute approximate surface area is 119 Å². The lowest BCUT2D eigenvalue weighted by Crippen LogP contribution is -2.27. The number of benzene rings is 1. The molecule has 0 bridgehead atoms. The number of amides is 1. The molecule has 1 N–H and O–H groups in total. The molecule has 1 atom stereocenters. The molecule has 0 heterocycles. The molecule has 2 nitrogen and oxygen atoms in total. The van der Waals surface area contributed by atoms with Crippen molar-refractivity contribution in [3.63, 3.8) is 0 Å². The van der Waals surface area contributed by atoms with Crippen molar-refractivity contribution in [1.29, 1.82) is 0 Å². The SMILES string of the molecule is CCC(NC(=O)CCCCCl)c1ccc(Cl)cc1.